The van der Waals surface area contributed by atoms with Gasteiger partial charge in [-0.25, -0.2) is 9.97 Å². The molecule has 2 aromatic rings. The van der Waals surface area contributed by atoms with Crippen LogP contribution >= 0.6 is 0 Å². The molecular weight excluding hydrogens is 344 g/mol. The third kappa shape index (κ3) is 4.26. The minimum absolute atomic E-state index is 0.0111. The van der Waals surface area contributed by atoms with E-state index in [1.165, 1.54) is 6.33 Å². The molecular formula is C20H26N4O3. The Balaban J connectivity index is 1.83. The number of likely N-dealkylation sites (N-methyl/N-ethyl adjacent to an activating group) is 1. The molecule has 7 heteroatoms. The van der Waals surface area contributed by atoms with Crippen molar-refractivity contribution in [3.8, 4) is 17.0 Å². The Bertz CT molecular complexity index is 812. The molecule has 1 fully saturated rings. The zero-order chi connectivity index (χ0) is 19.4. The maximum absolute atomic E-state index is 12.8. The Labute approximate surface area is 159 Å². The molecule has 27 heavy (non-hydrogen) atoms. The van der Waals surface area contributed by atoms with Crippen LogP contribution in [0.15, 0.2) is 30.6 Å². The van der Waals surface area contributed by atoms with Gasteiger partial charge in [-0.05, 0) is 38.6 Å². The summed E-state index contributed by atoms with van der Waals surface area (Å²) in [5.74, 6) is 0.379. The monoisotopic (exact) mass is 370 g/mol. The van der Waals surface area contributed by atoms with Crippen molar-refractivity contribution < 1.29 is 14.3 Å². The summed E-state index contributed by atoms with van der Waals surface area (Å²) in [6.45, 7) is 6.09. The molecule has 0 bridgehead atoms. The van der Waals surface area contributed by atoms with Gasteiger partial charge >= 0.3 is 0 Å². The number of likely N-dealkylation sites (tertiary alicyclic amines) is 1. The minimum atomic E-state index is -0.115. The highest BCUT2D eigenvalue weighted by atomic mass is 16.5. The van der Waals surface area contributed by atoms with Gasteiger partial charge in [0.25, 0.3) is 5.91 Å². The van der Waals surface area contributed by atoms with E-state index in [9.17, 15) is 4.79 Å². The lowest BCUT2D eigenvalue weighted by molar-refractivity contribution is 0.0513. The topological polar surface area (TPSA) is 76.6 Å². The van der Waals surface area contributed by atoms with Gasteiger partial charge in [0.1, 0.15) is 6.33 Å². The normalized spacial score (nSPS) is 19.9. The number of nitrogens with zero attached hydrogens (tertiary/aromatic N) is 3. The molecule has 0 aliphatic carbocycles. The van der Waals surface area contributed by atoms with Crippen molar-refractivity contribution in [3.63, 3.8) is 0 Å². The van der Waals surface area contributed by atoms with Gasteiger partial charge in [-0.15, -0.1) is 0 Å². The summed E-state index contributed by atoms with van der Waals surface area (Å²) in [7, 11) is 3.61. The van der Waals surface area contributed by atoms with Gasteiger partial charge in [0.2, 0.25) is 5.88 Å². The fraction of sp³-hybridized carbons (Fsp3) is 0.450. The molecule has 1 aromatic heterocycles. The number of rotatable bonds is 6. The first-order chi connectivity index (χ1) is 13.0. The average Bonchev–Trinajstić information content (AvgIpc) is 3.00. The Morgan fingerprint density at radius 3 is 2.89 bits per heavy atom. The summed E-state index contributed by atoms with van der Waals surface area (Å²) in [5, 5.41) is 3.11. The number of aryl methyl sites for hydroxylation is 1. The highest BCUT2D eigenvalue weighted by Crippen LogP contribution is 2.30. The highest BCUT2D eigenvalue weighted by molar-refractivity contribution is 5.96. The molecule has 144 valence electrons. The summed E-state index contributed by atoms with van der Waals surface area (Å²) in [6.07, 6.45) is 1.48. The average molecular weight is 370 g/mol. The Morgan fingerprint density at radius 2 is 2.15 bits per heavy atom. The zero-order valence-corrected chi connectivity index (χ0v) is 16.2. The van der Waals surface area contributed by atoms with Crippen molar-refractivity contribution in [1.29, 1.82) is 0 Å². The van der Waals surface area contributed by atoms with E-state index in [2.05, 4.69) is 20.2 Å². The first-order valence-electron chi connectivity index (χ1n) is 9.10. The molecule has 2 heterocycles. The second kappa shape index (κ2) is 8.45. The Morgan fingerprint density at radius 1 is 1.33 bits per heavy atom. The lowest BCUT2D eigenvalue weighted by Gasteiger charge is -2.20. The van der Waals surface area contributed by atoms with Crippen LogP contribution in [-0.4, -0.2) is 66.8 Å². The third-order valence-corrected chi connectivity index (χ3v) is 4.75. The summed E-state index contributed by atoms with van der Waals surface area (Å²) >= 11 is 0. The number of amides is 1. The molecule has 3 rings (SSSR count). The first kappa shape index (κ1) is 19.3. The molecule has 0 unspecified atom stereocenters. The van der Waals surface area contributed by atoms with E-state index in [4.69, 9.17) is 9.47 Å². The lowest BCUT2D eigenvalue weighted by atomic mass is 10.0. The Kier molecular flexibility index (Phi) is 6.03. The van der Waals surface area contributed by atoms with Crippen molar-refractivity contribution in [2.45, 2.75) is 26.0 Å². The van der Waals surface area contributed by atoms with Gasteiger partial charge in [-0.3, -0.25) is 4.79 Å². The molecule has 0 radical (unpaired) electrons. The summed E-state index contributed by atoms with van der Waals surface area (Å²) < 4.78 is 11.1. The predicted octanol–water partition coefficient (Wildman–Crippen LogP) is 1.91. The quantitative estimate of drug-likeness (QED) is 0.837. The fourth-order valence-corrected chi connectivity index (χ4v) is 3.49. The number of hydrogen-bond donors (Lipinski definition) is 1. The fourth-order valence-electron chi connectivity index (χ4n) is 3.49. The van der Waals surface area contributed by atoms with Crippen LogP contribution in [0.2, 0.25) is 0 Å². The smallest absolute Gasteiger partial charge is 0.251 e. The van der Waals surface area contributed by atoms with Gasteiger partial charge in [0.05, 0.1) is 30.5 Å². The van der Waals surface area contributed by atoms with E-state index < -0.39 is 0 Å². The van der Waals surface area contributed by atoms with Crippen molar-refractivity contribution in [3.05, 3.63) is 41.9 Å². The summed E-state index contributed by atoms with van der Waals surface area (Å²) in [5.41, 5.74) is 3.03. The lowest BCUT2D eigenvalue weighted by Crippen LogP contribution is -2.44. The minimum Gasteiger partial charge on any atom is -0.480 e. The van der Waals surface area contributed by atoms with Crippen molar-refractivity contribution in [2.75, 3.05) is 33.9 Å². The molecule has 0 saturated carbocycles. The maximum atomic E-state index is 12.8. The van der Waals surface area contributed by atoms with Gasteiger partial charge in [0, 0.05) is 25.3 Å². The van der Waals surface area contributed by atoms with Crippen molar-refractivity contribution in [1.82, 2.24) is 20.2 Å². The van der Waals surface area contributed by atoms with Crippen LogP contribution in [0.25, 0.3) is 11.1 Å². The van der Waals surface area contributed by atoms with Crippen molar-refractivity contribution >= 4 is 5.91 Å². The van der Waals surface area contributed by atoms with E-state index in [-0.39, 0.29) is 18.1 Å². The van der Waals surface area contributed by atoms with E-state index in [0.717, 1.165) is 29.9 Å². The molecule has 1 aromatic carbocycles. The number of ether oxygens (including phenoxy) is 2. The molecule has 2 atom stereocenters. The van der Waals surface area contributed by atoms with E-state index in [0.29, 0.717) is 18.1 Å². The Hall–Kier alpha value is -2.51. The molecule has 0 spiro atoms. The number of benzene rings is 1. The van der Waals surface area contributed by atoms with Crippen LogP contribution in [0, 0.1) is 6.92 Å². The number of hydrogen-bond acceptors (Lipinski definition) is 6. The van der Waals surface area contributed by atoms with E-state index >= 15 is 0 Å². The number of carbonyl (C=O) groups is 1. The second-order valence-electron chi connectivity index (χ2n) is 6.72. The van der Waals surface area contributed by atoms with Gasteiger partial charge in [-0.2, -0.15) is 0 Å². The standard InChI is InChI=1S/C20H26N4O3/c1-5-27-17-11-24(3)10-16(17)23-19(25)15-8-6-7-14(9-15)18-13(2)21-12-22-20(18)26-4/h6-9,12,16-17H,5,10-11H2,1-4H3,(H,23,25)/t16-,17-/m0/s1. The number of methoxy groups -OCH3 is 1. The number of carbonyl (C=O) groups excluding carboxylic acids is 1. The SMILES string of the molecule is CCO[C@H]1CN(C)C[C@@H]1NC(=O)c1cccc(-c2c(C)ncnc2OC)c1. The van der Waals surface area contributed by atoms with Gasteiger partial charge in [0.15, 0.2) is 0 Å². The molecule has 1 amide bonds. The van der Waals surface area contributed by atoms with Gasteiger partial charge in [-0.1, -0.05) is 12.1 Å². The first-order valence-corrected chi connectivity index (χ1v) is 9.10. The molecule has 1 aliphatic heterocycles. The van der Waals surface area contributed by atoms with Gasteiger partial charge < -0.3 is 19.7 Å². The van der Waals surface area contributed by atoms with Crippen LogP contribution in [0.3, 0.4) is 0 Å². The molecule has 1 aliphatic rings. The number of nitrogens with one attached hydrogen (secondary N) is 1. The molecule has 7 nitrogen and oxygen atoms in total. The highest BCUT2D eigenvalue weighted by Gasteiger charge is 2.32. The summed E-state index contributed by atoms with van der Waals surface area (Å²) in [6, 6.07) is 7.41. The predicted molar refractivity (Wildman–Crippen MR) is 103 cm³/mol. The van der Waals surface area contributed by atoms with E-state index in [1.807, 2.05) is 39.1 Å². The van der Waals surface area contributed by atoms with Crippen LogP contribution in [-0.2, 0) is 4.74 Å². The van der Waals surface area contributed by atoms with Crippen molar-refractivity contribution in [2.24, 2.45) is 0 Å². The largest absolute Gasteiger partial charge is 0.480 e. The van der Waals surface area contributed by atoms with Crippen LogP contribution in [0.4, 0.5) is 0 Å². The van der Waals surface area contributed by atoms with Crippen LogP contribution < -0.4 is 10.1 Å². The number of aromatic nitrogens is 2. The van der Waals surface area contributed by atoms with E-state index in [1.54, 1.807) is 13.2 Å². The molecule has 1 saturated heterocycles. The zero-order valence-electron chi connectivity index (χ0n) is 16.2. The summed E-state index contributed by atoms with van der Waals surface area (Å²) in [4.78, 5) is 23.4. The second-order valence-corrected chi connectivity index (χ2v) is 6.72. The maximum Gasteiger partial charge on any atom is 0.251 e. The molecule has 1 N–H and O–H groups in total. The van der Waals surface area contributed by atoms with Crippen LogP contribution in [0.1, 0.15) is 23.0 Å². The third-order valence-electron chi connectivity index (χ3n) is 4.75. The van der Waals surface area contributed by atoms with Crippen LogP contribution in [0.5, 0.6) is 5.88 Å².